The van der Waals surface area contributed by atoms with E-state index in [1.807, 2.05) is 19.1 Å². The van der Waals surface area contributed by atoms with Gasteiger partial charge in [-0.3, -0.25) is 4.79 Å². The molecule has 22 heavy (non-hydrogen) atoms. The predicted octanol–water partition coefficient (Wildman–Crippen LogP) is 3.60. The fraction of sp³-hybridized carbons (Fsp3) is 0.375. The summed E-state index contributed by atoms with van der Waals surface area (Å²) >= 11 is 7.29. The quantitative estimate of drug-likeness (QED) is 0.846. The number of aliphatic hydroxyl groups excluding tert-OH is 1. The lowest BCUT2D eigenvalue weighted by Gasteiger charge is -2.13. The van der Waals surface area contributed by atoms with Crippen molar-refractivity contribution in [2.75, 3.05) is 6.54 Å². The molecule has 0 aliphatic rings. The number of nitrogens with zero attached hydrogens (tertiary/aromatic N) is 1. The molecule has 1 amide bonds. The van der Waals surface area contributed by atoms with Crippen molar-refractivity contribution in [3.63, 3.8) is 0 Å². The number of nitrogens with one attached hydrogen (secondary N) is 1. The van der Waals surface area contributed by atoms with E-state index in [9.17, 15) is 9.90 Å². The highest BCUT2D eigenvalue weighted by atomic mass is 35.5. The third-order valence-corrected chi connectivity index (χ3v) is 4.33. The van der Waals surface area contributed by atoms with E-state index in [-0.39, 0.29) is 17.9 Å². The molecule has 2 unspecified atom stereocenters. The Balaban J connectivity index is 1.96. The Morgan fingerprint density at radius 3 is 2.68 bits per heavy atom. The van der Waals surface area contributed by atoms with Crippen molar-refractivity contribution in [3.05, 3.63) is 40.4 Å². The number of rotatable bonds is 6. The van der Waals surface area contributed by atoms with Gasteiger partial charge in [0.1, 0.15) is 10.7 Å². The fourth-order valence-electron chi connectivity index (χ4n) is 2.13. The van der Waals surface area contributed by atoms with Crippen LogP contribution >= 0.6 is 22.9 Å². The van der Waals surface area contributed by atoms with E-state index in [1.54, 1.807) is 24.4 Å². The third kappa shape index (κ3) is 4.80. The molecule has 4 nitrogen and oxygen atoms in total. The second-order valence-electron chi connectivity index (χ2n) is 5.44. The zero-order valence-corrected chi connectivity index (χ0v) is 14.1. The minimum absolute atomic E-state index is 0.186. The van der Waals surface area contributed by atoms with Gasteiger partial charge in [0.05, 0.1) is 6.10 Å². The Morgan fingerprint density at radius 1 is 1.36 bits per heavy atom. The molecule has 1 aromatic carbocycles. The Kier molecular flexibility index (Phi) is 5.94. The van der Waals surface area contributed by atoms with Gasteiger partial charge in [-0.25, -0.2) is 4.98 Å². The number of carbonyl (C=O) groups excluding carboxylic acids is 1. The third-order valence-electron chi connectivity index (χ3n) is 3.18. The van der Waals surface area contributed by atoms with Crippen LogP contribution in [0.5, 0.6) is 0 Å². The lowest BCUT2D eigenvalue weighted by Crippen LogP contribution is -2.29. The van der Waals surface area contributed by atoms with Crippen molar-refractivity contribution >= 4 is 28.8 Å². The maximum atomic E-state index is 12.1. The molecule has 2 N–H and O–H groups in total. The van der Waals surface area contributed by atoms with Crippen LogP contribution in [0.1, 0.15) is 30.8 Å². The Labute approximate surface area is 139 Å². The number of aliphatic hydroxyl groups is 1. The van der Waals surface area contributed by atoms with E-state index >= 15 is 0 Å². The highest BCUT2D eigenvalue weighted by Gasteiger charge is 2.13. The molecule has 0 aliphatic carbocycles. The molecule has 2 rings (SSSR count). The molecular weight excluding hydrogens is 320 g/mol. The monoisotopic (exact) mass is 338 g/mol. The summed E-state index contributed by atoms with van der Waals surface area (Å²) < 4.78 is 0. The van der Waals surface area contributed by atoms with Crippen LogP contribution in [0, 0.1) is 5.92 Å². The first-order chi connectivity index (χ1) is 10.5. The molecule has 2 aromatic rings. The van der Waals surface area contributed by atoms with E-state index in [0.717, 1.165) is 10.6 Å². The minimum atomic E-state index is -0.359. The molecule has 2 atom stereocenters. The smallest absolute Gasteiger partial charge is 0.270 e. The summed E-state index contributed by atoms with van der Waals surface area (Å²) in [5, 5.41) is 15.4. The first-order valence-electron chi connectivity index (χ1n) is 7.13. The number of benzene rings is 1. The number of thiazole rings is 1. The molecule has 0 spiro atoms. The molecule has 0 saturated heterocycles. The van der Waals surface area contributed by atoms with Crippen LogP contribution in [-0.4, -0.2) is 28.6 Å². The summed E-state index contributed by atoms with van der Waals surface area (Å²) in [7, 11) is 0. The van der Waals surface area contributed by atoms with Gasteiger partial charge in [0.15, 0.2) is 0 Å². The average Bonchev–Trinajstić information content (AvgIpc) is 2.94. The number of hydrogen-bond donors (Lipinski definition) is 2. The average molecular weight is 339 g/mol. The summed E-state index contributed by atoms with van der Waals surface area (Å²) in [5.74, 6) is 0.0345. The van der Waals surface area contributed by atoms with Crippen molar-refractivity contribution in [1.29, 1.82) is 0 Å². The first kappa shape index (κ1) is 16.9. The number of amides is 1. The van der Waals surface area contributed by atoms with E-state index in [2.05, 4.69) is 10.3 Å². The zero-order chi connectivity index (χ0) is 16.1. The van der Waals surface area contributed by atoms with E-state index in [0.29, 0.717) is 23.7 Å². The molecule has 6 heteroatoms. The molecule has 0 aliphatic heterocycles. The van der Waals surface area contributed by atoms with Gasteiger partial charge in [-0.05, 0) is 31.4 Å². The molecule has 0 saturated carbocycles. The van der Waals surface area contributed by atoms with Crippen molar-refractivity contribution in [1.82, 2.24) is 10.3 Å². The summed E-state index contributed by atoms with van der Waals surface area (Å²) in [6.07, 6.45) is 0.301. The molecule has 118 valence electrons. The summed E-state index contributed by atoms with van der Waals surface area (Å²) in [5.41, 5.74) is 1.36. The molecule has 0 radical (unpaired) electrons. The van der Waals surface area contributed by atoms with Gasteiger partial charge >= 0.3 is 0 Å². The fourth-order valence-corrected chi connectivity index (χ4v) is 3.06. The molecule has 1 heterocycles. The van der Waals surface area contributed by atoms with Gasteiger partial charge in [-0.15, -0.1) is 11.3 Å². The van der Waals surface area contributed by atoms with Gasteiger partial charge in [0, 0.05) is 22.5 Å². The normalized spacial score (nSPS) is 13.6. The Hall–Kier alpha value is -1.43. The van der Waals surface area contributed by atoms with Gasteiger partial charge in [0.25, 0.3) is 5.91 Å². The summed E-state index contributed by atoms with van der Waals surface area (Å²) in [6.45, 7) is 4.27. The predicted molar refractivity (Wildman–Crippen MR) is 90.4 cm³/mol. The lowest BCUT2D eigenvalue weighted by molar-refractivity contribution is 0.0935. The standard InChI is InChI=1S/C16H19ClN2O2S/c1-10(7-11(2)20)8-18-15(21)14-9-22-16(19-14)12-3-5-13(17)6-4-12/h3-6,9-11,20H,7-8H2,1-2H3,(H,18,21). The van der Waals surface area contributed by atoms with Crippen molar-refractivity contribution in [2.45, 2.75) is 26.4 Å². The number of hydrogen-bond acceptors (Lipinski definition) is 4. The van der Waals surface area contributed by atoms with E-state index in [4.69, 9.17) is 11.6 Å². The number of aromatic nitrogens is 1. The number of carbonyl (C=O) groups is 1. The van der Waals surface area contributed by atoms with Crippen LogP contribution in [0.25, 0.3) is 10.6 Å². The van der Waals surface area contributed by atoms with Gasteiger partial charge in [0.2, 0.25) is 0 Å². The minimum Gasteiger partial charge on any atom is -0.393 e. The molecular formula is C16H19ClN2O2S. The summed E-state index contributed by atoms with van der Waals surface area (Å²) in [6, 6.07) is 7.37. The SMILES string of the molecule is CC(O)CC(C)CNC(=O)c1csc(-c2ccc(Cl)cc2)n1. The van der Waals surface area contributed by atoms with Crippen LogP contribution in [-0.2, 0) is 0 Å². The maximum absolute atomic E-state index is 12.1. The molecule has 0 fully saturated rings. The van der Waals surface area contributed by atoms with Crippen LogP contribution in [0.4, 0.5) is 0 Å². The van der Waals surface area contributed by atoms with Crippen LogP contribution < -0.4 is 5.32 Å². The topological polar surface area (TPSA) is 62.2 Å². The summed E-state index contributed by atoms with van der Waals surface area (Å²) in [4.78, 5) is 16.4. The van der Waals surface area contributed by atoms with E-state index < -0.39 is 0 Å². The van der Waals surface area contributed by atoms with E-state index in [1.165, 1.54) is 11.3 Å². The largest absolute Gasteiger partial charge is 0.393 e. The zero-order valence-electron chi connectivity index (χ0n) is 12.5. The maximum Gasteiger partial charge on any atom is 0.270 e. The highest BCUT2D eigenvalue weighted by molar-refractivity contribution is 7.13. The lowest BCUT2D eigenvalue weighted by atomic mass is 10.0. The van der Waals surface area contributed by atoms with Crippen LogP contribution in [0.3, 0.4) is 0 Å². The van der Waals surface area contributed by atoms with Crippen molar-refractivity contribution in [3.8, 4) is 10.6 Å². The number of halogens is 1. The Morgan fingerprint density at radius 2 is 2.05 bits per heavy atom. The second kappa shape index (κ2) is 7.72. The first-order valence-corrected chi connectivity index (χ1v) is 8.39. The van der Waals surface area contributed by atoms with Crippen molar-refractivity contribution in [2.24, 2.45) is 5.92 Å². The Bertz CT molecular complexity index is 625. The molecule has 0 bridgehead atoms. The van der Waals surface area contributed by atoms with Crippen LogP contribution in [0.15, 0.2) is 29.6 Å². The second-order valence-corrected chi connectivity index (χ2v) is 6.74. The van der Waals surface area contributed by atoms with Crippen LogP contribution in [0.2, 0.25) is 5.02 Å². The molecule has 1 aromatic heterocycles. The van der Waals surface area contributed by atoms with Gasteiger partial charge < -0.3 is 10.4 Å². The highest BCUT2D eigenvalue weighted by Crippen LogP contribution is 2.25. The van der Waals surface area contributed by atoms with Crippen molar-refractivity contribution < 1.29 is 9.90 Å². The van der Waals surface area contributed by atoms with Gasteiger partial charge in [-0.2, -0.15) is 0 Å². The van der Waals surface area contributed by atoms with Gasteiger partial charge in [-0.1, -0.05) is 30.7 Å².